The molecule has 4 nitrogen and oxygen atoms in total. The van der Waals surface area contributed by atoms with Crippen molar-refractivity contribution in [2.75, 3.05) is 13.7 Å². The van der Waals surface area contributed by atoms with E-state index in [9.17, 15) is 9.59 Å². The Morgan fingerprint density at radius 2 is 1.88 bits per heavy atom. The van der Waals surface area contributed by atoms with E-state index in [2.05, 4.69) is 0 Å². The molecule has 2 rings (SSSR count). The summed E-state index contributed by atoms with van der Waals surface area (Å²) in [6.07, 6.45) is 2.92. The lowest BCUT2D eigenvalue weighted by Crippen LogP contribution is -2.13. The maximum Gasteiger partial charge on any atom is 0.331 e. The molecule has 0 unspecified atom stereocenters. The quantitative estimate of drug-likeness (QED) is 0.461. The van der Waals surface area contributed by atoms with Crippen LogP contribution < -0.4 is 4.74 Å². The highest BCUT2D eigenvalue weighted by Gasteiger charge is 2.11. The van der Waals surface area contributed by atoms with Gasteiger partial charge >= 0.3 is 5.97 Å². The predicted molar refractivity (Wildman–Crippen MR) is 93.2 cm³/mol. The van der Waals surface area contributed by atoms with Gasteiger partial charge in [-0.2, -0.15) is 0 Å². The lowest BCUT2D eigenvalue weighted by Gasteiger charge is -2.06. The van der Waals surface area contributed by atoms with E-state index >= 15 is 0 Å². The first-order valence-corrected chi connectivity index (χ1v) is 7.59. The normalized spacial score (nSPS) is 10.6. The molecule has 124 valence electrons. The first-order valence-electron chi connectivity index (χ1n) is 7.59. The summed E-state index contributed by atoms with van der Waals surface area (Å²) in [5, 5.41) is 0. The minimum atomic E-state index is -0.559. The Hall–Kier alpha value is -2.88. The van der Waals surface area contributed by atoms with Crippen LogP contribution in [0.2, 0.25) is 0 Å². The van der Waals surface area contributed by atoms with Crippen LogP contribution in [-0.4, -0.2) is 25.5 Å². The van der Waals surface area contributed by atoms with Gasteiger partial charge in [0.1, 0.15) is 5.75 Å². The first kappa shape index (κ1) is 17.5. The number of rotatable bonds is 6. The molecule has 0 radical (unpaired) electrons. The van der Waals surface area contributed by atoms with E-state index in [-0.39, 0.29) is 12.4 Å². The van der Waals surface area contributed by atoms with Crippen LogP contribution in [-0.2, 0) is 9.53 Å². The second-order valence-corrected chi connectivity index (χ2v) is 5.46. The molecular formula is C20H20O4. The van der Waals surface area contributed by atoms with Gasteiger partial charge in [0.15, 0.2) is 6.61 Å². The van der Waals surface area contributed by atoms with Gasteiger partial charge in [-0.3, -0.25) is 4.79 Å². The van der Waals surface area contributed by atoms with Crippen molar-refractivity contribution in [2.24, 2.45) is 0 Å². The van der Waals surface area contributed by atoms with E-state index in [1.54, 1.807) is 25.3 Å². The molecule has 0 N–H and O–H groups in total. The Bertz CT molecular complexity index is 775. The molecule has 0 saturated carbocycles. The smallest absolute Gasteiger partial charge is 0.331 e. The van der Waals surface area contributed by atoms with E-state index in [0.717, 1.165) is 16.7 Å². The summed E-state index contributed by atoms with van der Waals surface area (Å²) in [5.74, 6) is -0.0635. The number of esters is 1. The number of benzene rings is 2. The van der Waals surface area contributed by atoms with Crippen molar-refractivity contribution in [1.82, 2.24) is 0 Å². The largest absolute Gasteiger partial charge is 0.497 e. The molecule has 2 aromatic carbocycles. The lowest BCUT2D eigenvalue weighted by atomic mass is 10.0. The molecule has 4 heteroatoms. The van der Waals surface area contributed by atoms with Gasteiger partial charge in [-0.05, 0) is 49.2 Å². The number of ether oxygens (including phenoxy) is 2. The fourth-order valence-corrected chi connectivity index (χ4v) is 2.21. The zero-order valence-electron chi connectivity index (χ0n) is 14.0. The van der Waals surface area contributed by atoms with Crippen LogP contribution in [0.5, 0.6) is 5.75 Å². The number of carbonyl (C=O) groups is 2. The fraction of sp³-hybridized carbons (Fsp3) is 0.200. The molecule has 0 fully saturated rings. The van der Waals surface area contributed by atoms with Crippen LogP contribution >= 0.6 is 0 Å². The van der Waals surface area contributed by atoms with Crippen molar-refractivity contribution in [3.05, 3.63) is 70.8 Å². The van der Waals surface area contributed by atoms with Crippen LogP contribution in [0, 0.1) is 13.8 Å². The predicted octanol–water partition coefficient (Wildman–Crippen LogP) is 3.75. The van der Waals surface area contributed by atoms with Crippen molar-refractivity contribution < 1.29 is 19.1 Å². The van der Waals surface area contributed by atoms with Gasteiger partial charge in [0.05, 0.1) is 7.11 Å². The molecule has 0 aromatic heterocycles. The van der Waals surface area contributed by atoms with Gasteiger partial charge in [-0.25, -0.2) is 4.79 Å². The minimum absolute atomic E-state index is 0.209. The maximum atomic E-state index is 12.2. The molecule has 0 aliphatic heterocycles. The van der Waals surface area contributed by atoms with Crippen LogP contribution in [0.4, 0.5) is 0 Å². The fourth-order valence-electron chi connectivity index (χ4n) is 2.21. The third-order valence-corrected chi connectivity index (χ3v) is 3.54. The Labute approximate surface area is 141 Å². The van der Waals surface area contributed by atoms with Crippen LogP contribution in [0.1, 0.15) is 27.0 Å². The molecule has 0 aliphatic rings. The molecule has 0 bridgehead atoms. The van der Waals surface area contributed by atoms with E-state index in [1.165, 1.54) is 6.08 Å². The topological polar surface area (TPSA) is 52.6 Å². The van der Waals surface area contributed by atoms with Crippen molar-refractivity contribution >= 4 is 17.8 Å². The molecule has 2 aromatic rings. The number of Topliss-reactive ketones (excluding diaryl/α,β-unsaturated/α-hetero) is 1. The minimum Gasteiger partial charge on any atom is -0.497 e. The lowest BCUT2D eigenvalue weighted by molar-refractivity contribution is -0.136. The zero-order chi connectivity index (χ0) is 17.5. The standard InChI is InChI=1S/C20H20O4/c1-14-7-8-15(2)18(11-14)19(21)13-24-20(22)10-9-16-5-4-6-17(12-16)23-3/h4-12H,13H2,1-3H3. The molecular weight excluding hydrogens is 304 g/mol. The Morgan fingerprint density at radius 1 is 1.08 bits per heavy atom. The Kier molecular flexibility index (Phi) is 5.90. The van der Waals surface area contributed by atoms with E-state index in [4.69, 9.17) is 9.47 Å². The average molecular weight is 324 g/mol. The third kappa shape index (κ3) is 4.81. The average Bonchev–Trinajstić information content (AvgIpc) is 2.60. The van der Waals surface area contributed by atoms with Crippen LogP contribution in [0.15, 0.2) is 48.5 Å². The summed E-state index contributed by atoms with van der Waals surface area (Å²) in [6, 6.07) is 12.9. The number of hydrogen-bond acceptors (Lipinski definition) is 4. The highest BCUT2D eigenvalue weighted by atomic mass is 16.5. The first-order chi connectivity index (χ1) is 11.5. The third-order valence-electron chi connectivity index (χ3n) is 3.54. The SMILES string of the molecule is COc1cccc(C=CC(=O)OCC(=O)c2cc(C)ccc2C)c1. The molecule has 0 spiro atoms. The van der Waals surface area contributed by atoms with E-state index in [0.29, 0.717) is 11.3 Å². The maximum absolute atomic E-state index is 12.2. The number of aryl methyl sites for hydroxylation is 2. The van der Waals surface area contributed by atoms with Crippen LogP contribution in [0.25, 0.3) is 6.08 Å². The van der Waals surface area contributed by atoms with Gasteiger partial charge in [0.25, 0.3) is 0 Å². The molecule has 0 amide bonds. The van der Waals surface area contributed by atoms with Crippen molar-refractivity contribution in [2.45, 2.75) is 13.8 Å². The highest BCUT2D eigenvalue weighted by molar-refractivity contribution is 6.00. The van der Waals surface area contributed by atoms with E-state index in [1.807, 2.05) is 44.2 Å². The summed E-state index contributed by atoms with van der Waals surface area (Å²) in [6.45, 7) is 3.50. The molecule has 0 aliphatic carbocycles. The number of carbonyl (C=O) groups excluding carboxylic acids is 2. The van der Waals surface area contributed by atoms with Gasteiger partial charge in [-0.15, -0.1) is 0 Å². The summed E-state index contributed by atoms with van der Waals surface area (Å²) in [4.78, 5) is 23.9. The highest BCUT2D eigenvalue weighted by Crippen LogP contribution is 2.14. The molecule has 0 saturated heterocycles. The monoisotopic (exact) mass is 324 g/mol. The zero-order valence-corrected chi connectivity index (χ0v) is 14.0. The van der Waals surface area contributed by atoms with Gasteiger partial charge in [0, 0.05) is 11.6 Å². The van der Waals surface area contributed by atoms with Crippen molar-refractivity contribution in [3.8, 4) is 5.75 Å². The molecule has 0 atom stereocenters. The number of hydrogen-bond donors (Lipinski definition) is 0. The van der Waals surface area contributed by atoms with Crippen LogP contribution in [0.3, 0.4) is 0 Å². The van der Waals surface area contributed by atoms with Crippen molar-refractivity contribution in [3.63, 3.8) is 0 Å². The van der Waals surface area contributed by atoms with Gasteiger partial charge < -0.3 is 9.47 Å². The summed E-state index contributed by atoms with van der Waals surface area (Å²) >= 11 is 0. The Balaban J connectivity index is 1.94. The summed E-state index contributed by atoms with van der Waals surface area (Å²) < 4.78 is 10.1. The Morgan fingerprint density at radius 3 is 2.62 bits per heavy atom. The molecule has 0 heterocycles. The van der Waals surface area contributed by atoms with Crippen molar-refractivity contribution in [1.29, 1.82) is 0 Å². The molecule has 24 heavy (non-hydrogen) atoms. The van der Waals surface area contributed by atoms with Gasteiger partial charge in [-0.1, -0.05) is 29.8 Å². The summed E-state index contributed by atoms with van der Waals surface area (Å²) in [7, 11) is 1.58. The number of methoxy groups -OCH3 is 1. The number of ketones is 1. The second kappa shape index (κ2) is 8.11. The second-order valence-electron chi connectivity index (χ2n) is 5.46. The summed E-state index contributed by atoms with van der Waals surface area (Å²) in [5.41, 5.74) is 3.26. The van der Waals surface area contributed by atoms with Gasteiger partial charge in [0.2, 0.25) is 5.78 Å². The van der Waals surface area contributed by atoms with E-state index < -0.39 is 5.97 Å².